The zero-order chi connectivity index (χ0) is 13.6. The van der Waals surface area contributed by atoms with Crippen molar-refractivity contribution < 1.29 is 0 Å². The fourth-order valence-corrected chi connectivity index (χ4v) is 3.38. The first-order valence-electron chi connectivity index (χ1n) is 7.00. The first kappa shape index (κ1) is 12.5. The molecular formula is C17H22N2. The Bertz CT molecular complexity index is 593. The lowest BCUT2D eigenvalue weighted by atomic mass is 9.74. The van der Waals surface area contributed by atoms with Crippen LogP contribution in [0.15, 0.2) is 36.4 Å². The zero-order valence-corrected chi connectivity index (χ0v) is 12.0. The van der Waals surface area contributed by atoms with Gasteiger partial charge in [0.25, 0.3) is 0 Å². The third-order valence-electron chi connectivity index (χ3n) is 4.15. The molecule has 2 heteroatoms. The Morgan fingerprint density at radius 3 is 2.58 bits per heavy atom. The second-order valence-corrected chi connectivity index (χ2v) is 6.51. The molecule has 0 fully saturated rings. The summed E-state index contributed by atoms with van der Waals surface area (Å²) in [4.78, 5) is 0. The van der Waals surface area contributed by atoms with E-state index in [9.17, 15) is 0 Å². The molecule has 0 amide bonds. The van der Waals surface area contributed by atoms with E-state index in [1.165, 1.54) is 22.6 Å². The quantitative estimate of drug-likeness (QED) is 0.825. The molecule has 0 spiro atoms. The number of benzene rings is 1. The van der Waals surface area contributed by atoms with Crippen molar-refractivity contribution in [2.24, 2.45) is 11.1 Å². The Morgan fingerprint density at radius 2 is 1.89 bits per heavy atom. The van der Waals surface area contributed by atoms with Crippen LogP contribution < -0.4 is 5.73 Å². The van der Waals surface area contributed by atoms with E-state index < -0.39 is 0 Å². The number of aryl methyl sites for hydroxylation is 1. The Morgan fingerprint density at radius 1 is 1.21 bits per heavy atom. The molecule has 0 bridgehead atoms. The SMILES string of the molecule is Cc1cc2c(n1-c1ccccc1)CC(C)(C)CC2N. The van der Waals surface area contributed by atoms with Gasteiger partial charge >= 0.3 is 0 Å². The van der Waals surface area contributed by atoms with E-state index in [0.717, 1.165) is 12.8 Å². The zero-order valence-electron chi connectivity index (χ0n) is 12.0. The van der Waals surface area contributed by atoms with Gasteiger partial charge in [0, 0.05) is 23.1 Å². The Balaban J connectivity index is 2.18. The van der Waals surface area contributed by atoms with Crippen LogP contribution in [0.1, 0.15) is 43.3 Å². The highest BCUT2D eigenvalue weighted by molar-refractivity contribution is 5.44. The van der Waals surface area contributed by atoms with E-state index >= 15 is 0 Å². The fourth-order valence-electron chi connectivity index (χ4n) is 3.38. The van der Waals surface area contributed by atoms with Gasteiger partial charge in [0.2, 0.25) is 0 Å². The van der Waals surface area contributed by atoms with Crippen LogP contribution in [0.5, 0.6) is 0 Å². The van der Waals surface area contributed by atoms with E-state index in [2.05, 4.69) is 61.7 Å². The summed E-state index contributed by atoms with van der Waals surface area (Å²) in [5, 5.41) is 0. The Hall–Kier alpha value is -1.54. The molecule has 0 aliphatic heterocycles. The third kappa shape index (κ3) is 2.10. The minimum Gasteiger partial charge on any atom is -0.324 e. The fraction of sp³-hybridized carbons (Fsp3) is 0.412. The van der Waals surface area contributed by atoms with Gasteiger partial charge in [0.15, 0.2) is 0 Å². The average Bonchev–Trinajstić information content (AvgIpc) is 2.65. The molecule has 0 radical (unpaired) electrons. The number of rotatable bonds is 1. The molecule has 1 aliphatic carbocycles. The summed E-state index contributed by atoms with van der Waals surface area (Å²) in [5.41, 5.74) is 11.9. The Labute approximate surface area is 115 Å². The van der Waals surface area contributed by atoms with Crippen LogP contribution >= 0.6 is 0 Å². The van der Waals surface area contributed by atoms with Crippen LogP contribution in [0.4, 0.5) is 0 Å². The molecule has 1 aromatic heterocycles. The highest BCUT2D eigenvalue weighted by Gasteiger charge is 2.33. The van der Waals surface area contributed by atoms with E-state index in [0.29, 0.717) is 0 Å². The minimum absolute atomic E-state index is 0.169. The number of hydrogen-bond donors (Lipinski definition) is 1. The van der Waals surface area contributed by atoms with E-state index in [1.807, 2.05) is 0 Å². The first-order chi connectivity index (χ1) is 8.98. The van der Waals surface area contributed by atoms with Gasteiger partial charge in [-0.3, -0.25) is 0 Å². The van der Waals surface area contributed by atoms with Crippen LogP contribution in [0.3, 0.4) is 0 Å². The lowest BCUT2D eigenvalue weighted by molar-refractivity contribution is 0.278. The molecule has 19 heavy (non-hydrogen) atoms. The van der Waals surface area contributed by atoms with Crippen molar-refractivity contribution >= 4 is 0 Å². The van der Waals surface area contributed by atoms with Crippen molar-refractivity contribution in [3.05, 3.63) is 53.3 Å². The van der Waals surface area contributed by atoms with E-state index in [1.54, 1.807) is 0 Å². The van der Waals surface area contributed by atoms with Crippen LogP contribution in [0.25, 0.3) is 5.69 Å². The maximum atomic E-state index is 6.37. The van der Waals surface area contributed by atoms with E-state index in [-0.39, 0.29) is 11.5 Å². The summed E-state index contributed by atoms with van der Waals surface area (Å²) >= 11 is 0. The number of nitrogens with zero attached hydrogens (tertiary/aromatic N) is 1. The maximum Gasteiger partial charge on any atom is 0.0455 e. The Kier molecular flexibility index (Phi) is 2.79. The van der Waals surface area contributed by atoms with Gasteiger partial charge in [0.1, 0.15) is 0 Å². The topological polar surface area (TPSA) is 30.9 Å². The molecule has 3 rings (SSSR count). The molecule has 2 aromatic rings. The highest BCUT2D eigenvalue weighted by Crippen LogP contribution is 2.41. The van der Waals surface area contributed by atoms with Crippen molar-refractivity contribution in [2.75, 3.05) is 0 Å². The average molecular weight is 254 g/mol. The third-order valence-corrected chi connectivity index (χ3v) is 4.15. The minimum atomic E-state index is 0.169. The van der Waals surface area contributed by atoms with Crippen molar-refractivity contribution in [1.82, 2.24) is 4.57 Å². The highest BCUT2D eigenvalue weighted by atomic mass is 15.0. The number of para-hydroxylation sites is 1. The molecule has 2 N–H and O–H groups in total. The molecule has 0 saturated carbocycles. The largest absolute Gasteiger partial charge is 0.324 e. The number of fused-ring (bicyclic) bond motifs is 1. The van der Waals surface area contributed by atoms with Gasteiger partial charge in [-0.05, 0) is 48.9 Å². The van der Waals surface area contributed by atoms with Gasteiger partial charge in [-0.25, -0.2) is 0 Å². The van der Waals surface area contributed by atoms with Crippen LogP contribution in [0, 0.1) is 12.3 Å². The monoisotopic (exact) mass is 254 g/mol. The second kappa shape index (κ2) is 4.24. The number of nitrogens with two attached hydrogens (primary N) is 1. The lowest BCUT2D eigenvalue weighted by Crippen LogP contribution is -2.30. The predicted molar refractivity (Wildman–Crippen MR) is 79.5 cm³/mol. The number of aromatic nitrogens is 1. The molecule has 1 aromatic carbocycles. The predicted octanol–water partition coefficient (Wildman–Crippen LogP) is 3.76. The van der Waals surface area contributed by atoms with Gasteiger partial charge in [-0.1, -0.05) is 32.0 Å². The molecule has 1 aliphatic rings. The molecule has 1 atom stereocenters. The molecule has 1 heterocycles. The van der Waals surface area contributed by atoms with Crippen molar-refractivity contribution in [2.45, 2.75) is 39.7 Å². The van der Waals surface area contributed by atoms with E-state index in [4.69, 9.17) is 5.73 Å². The van der Waals surface area contributed by atoms with Gasteiger partial charge in [-0.2, -0.15) is 0 Å². The van der Waals surface area contributed by atoms with Crippen LogP contribution in [-0.4, -0.2) is 4.57 Å². The second-order valence-electron chi connectivity index (χ2n) is 6.51. The summed E-state index contributed by atoms with van der Waals surface area (Å²) in [6.45, 7) is 6.80. The molecule has 2 nitrogen and oxygen atoms in total. The summed E-state index contributed by atoms with van der Waals surface area (Å²) in [6.07, 6.45) is 2.16. The smallest absolute Gasteiger partial charge is 0.0455 e. The first-order valence-corrected chi connectivity index (χ1v) is 7.00. The van der Waals surface area contributed by atoms with Crippen molar-refractivity contribution in [3.63, 3.8) is 0 Å². The van der Waals surface area contributed by atoms with Crippen LogP contribution in [0.2, 0.25) is 0 Å². The summed E-state index contributed by atoms with van der Waals surface area (Å²) < 4.78 is 2.37. The van der Waals surface area contributed by atoms with Crippen LogP contribution in [-0.2, 0) is 6.42 Å². The standard InChI is InChI=1S/C17H22N2/c1-12-9-14-15(18)10-17(2,3)11-16(14)19(12)13-7-5-4-6-8-13/h4-9,15H,10-11,18H2,1-3H3. The van der Waals surface area contributed by atoms with Gasteiger partial charge in [-0.15, -0.1) is 0 Å². The van der Waals surface area contributed by atoms with Gasteiger partial charge in [0.05, 0.1) is 0 Å². The molecule has 0 saturated heterocycles. The summed E-state index contributed by atoms with van der Waals surface area (Å²) in [5.74, 6) is 0. The molecule has 1 unspecified atom stereocenters. The number of hydrogen-bond acceptors (Lipinski definition) is 1. The molecular weight excluding hydrogens is 232 g/mol. The lowest BCUT2D eigenvalue weighted by Gasteiger charge is -2.34. The van der Waals surface area contributed by atoms with Crippen molar-refractivity contribution in [1.29, 1.82) is 0 Å². The van der Waals surface area contributed by atoms with Crippen molar-refractivity contribution in [3.8, 4) is 5.69 Å². The summed E-state index contributed by atoms with van der Waals surface area (Å²) in [7, 11) is 0. The normalized spacial score (nSPS) is 21.2. The molecule has 100 valence electrons. The summed E-state index contributed by atoms with van der Waals surface area (Å²) in [6, 6.07) is 13.0. The van der Waals surface area contributed by atoms with Gasteiger partial charge < -0.3 is 10.3 Å². The maximum absolute atomic E-state index is 6.37.